The van der Waals surface area contributed by atoms with Gasteiger partial charge in [0.25, 0.3) is 11.8 Å². The van der Waals surface area contributed by atoms with Crippen molar-refractivity contribution in [1.82, 2.24) is 5.32 Å². The molecule has 2 amide bonds. The number of amides is 2. The number of ether oxygens (including phenoxy) is 1. The number of aryl methyl sites for hydroxylation is 1. The molecule has 6 nitrogen and oxygen atoms in total. The van der Waals surface area contributed by atoms with Crippen molar-refractivity contribution in [3.05, 3.63) is 65.5 Å². The first kappa shape index (κ1) is 20.1. The smallest absolute Gasteiger partial charge is 0.326 e. The van der Waals surface area contributed by atoms with Gasteiger partial charge in [0.1, 0.15) is 12.4 Å². The van der Waals surface area contributed by atoms with Gasteiger partial charge in [-0.1, -0.05) is 31.2 Å². The molecular weight excluding hydrogens is 351 g/mol. The highest BCUT2D eigenvalue weighted by Gasteiger charge is 2.19. The molecule has 0 aliphatic heterocycles. The average molecular weight is 372 g/mol. The average Bonchev–Trinajstić information content (AvgIpc) is 2.67. The molecule has 1 unspecified atom stereocenters. The van der Waals surface area contributed by atoms with Crippen LogP contribution in [0.4, 0.5) is 10.1 Å². The molecule has 0 saturated heterocycles. The zero-order chi connectivity index (χ0) is 19.8. The Morgan fingerprint density at radius 3 is 2.37 bits per heavy atom. The first-order valence-corrected chi connectivity index (χ1v) is 8.52. The maximum absolute atomic E-state index is 13.5. The quantitative estimate of drug-likeness (QED) is 0.732. The Morgan fingerprint density at radius 2 is 1.74 bits per heavy atom. The van der Waals surface area contributed by atoms with Crippen LogP contribution in [0, 0.1) is 5.82 Å². The third-order valence-corrected chi connectivity index (χ3v) is 3.82. The highest BCUT2D eigenvalue weighted by molar-refractivity contribution is 5.97. The number of carbonyl (C=O) groups is 3. The van der Waals surface area contributed by atoms with E-state index in [9.17, 15) is 18.8 Å². The summed E-state index contributed by atoms with van der Waals surface area (Å²) >= 11 is 0. The second kappa shape index (κ2) is 9.47. The predicted molar refractivity (Wildman–Crippen MR) is 98.7 cm³/mol. The molecule has 0 aliphatic carbocycles. The molecule has 0 saturated carbocycles. The fourth-order valence-electron chi connectivity index (χ4n) is 2.25. The van der Waals surface area contributed by atoms with E-state index in [1.165, 1.54) is 25.1 Å². The number of carbonyl (C=O) groups excluding carboxylic acids is 3. The second-order valence-corrected chi connectivity index (χ2v) is 5.83. The molecule has 7 heteroatoms. The number of nitrogens with one attached hydrogen (secondary N) is 2. The molecule has 2 aromatic carbocycles. The van der Waals surface area contributed by atoms with Gasteiger partial charge >= 0.3 is 5.97 Å². The number of hydrogen-bond acceptors (Lipinski definition) is 4. The molecule has 0 bridgehead atoms. The van der Waals surface area contributed by atoms with E-state index in [1.807, 2.05) is 19.1 Å². The zero-order valence-corrected chi connectivity index (χ0v) is 15.1. The van der Waals surface area contributed by atoms with Gasteiger partial charge in [0.2, 0.25) is 0 Å². The summed E-state index contributed by atoms with van der Waals surface area (Å²) in [7, 11) is 0. The van der Waals surface area contributed by atoms with Gasteiger partial charge in [0, 0.05) is 5.69 Å². The molecule has 1 atom stereocenters. The van der Waals surface area contributed by atoms with Crippen LogP contribution in [-0.2, 0) is 20.7 Å². The van der Waals surface area contributed by atoms with Gasteiger partial charge in [-0.15, -0.1) is 0 Å². The summed E-state index contributed by atoms with van der Waals surface area (Å²) in [4.78, 5) is 35.7. The van der Waals surface area contributed by atoms with Crippen LogP contribution in [-0.4, -0.2) is 30.4 Å². The number of rotatable bonds is 7. The molecule has 0 aromatic heterocycles. The van der Waals surface area contributed by atoms with Crippen molar-refractivity contribution in [2.75, 3.05) is 11.9 Å². The highest BCUT2D eigenvalue weighted by atomic mass is 19.1. The van der Waals surface area contributed by atoms with Crippen LogP contribution >= 0.6 is 0 Å². The largest absolute Gasteiger partial charge is 0.451 e. The van der Waals surface area contributed by atoms with Crippen LogP contribution in [0.25, 0.3) is 0 Å². The fourth-order valence-corrected chi connectivity index (χ4v) is 2.25. The normalized spacial score (nSPS) is 11.4. The van der Waals surface area contributed by atoms with Gasteiger partial charge in [-0.3, -0.25) is 14.4 Å². The lowest BCUT2D eigenvalue weighted by Crippen LogP contribution is -2.36. The molecule has 2 N–H and O–H groups in total. The van der Waals surface area contributed by atoms with Crippen LogP contribution in [0.15, 0.2) is 48.5 Å². The van der Waals surface area contributed by atoms with Crippen LogP contribution in [0.5, 0.6) is 0 Å². The maximum atomic E-state index is 13.5. The Labute approximate surface area is 156 Å². The third kappa shape index (κ3) is 5.91. The van der Waals surface area contributed by atoms with E-state index in [1.54, 1.807) is 12.1 Å². The number of benzene rings is 2. The lowest BCUT2D eigenvalue weighted by molar-refractivity contribution is -0.152. The molecular formula is C20H21FN2O4. The van der Waals surface area contributed by atoms with Crippen molar-refractivity contribution < 1.29 is 23.5 Å². The summed E-state index contributed by atoms with van der Waals surface area (Å²) in [6, 6.07) is 12.7. The number of halogens is 1. The highest BCUT2D eigenvalue weighted by Crippen LogP contribution is 2.11. The Kier molecular flexibility index (Phi) is 7.05. The predicted octanol–water partition coefficient (Wildman–Crippen LogP) is 2.69. The molecule has 0 aliphatic rings. The lowest BCUT2D eigenvalue weighted by atomic mass is 10.1. The van der Waals surface area contributed by atoms with E-state index in [-0.39, 0.29) is 5.56 Å². The SMILES string of the molecule is CCc1ccc(NC(=O)C(C)OC(=O)CNC(=O)c2ccccc2F)cc1. The fraction of sp³-hybridized carbons (Fsp3) is 0.250. The van der Waals surface area contributed by atoms with Crippen LogP contribution in [0.1, 0.15) is 29.8 Å². The lowest BCUT2D eigenvalue weighted by Gasteiger charge is -2.14. The van der Waals surface area contributed by atoms with E-state index in [4.69, 9.17) is 4.74 Å². The van der Waals surface area contributed by atoms with Crippen molar-refractivity contribution in [1.29, 1.82) is 0 Å². The van der Waals surface area contributed by atoms with Crippen molar-refractivity contribution in [3.63, 3.8) is 0 Å². The Balaban J connectivity index is 1.81. The summed E-state index contributed by atoms with van der Waals surface area (Å²) in [5.74, 6) is -2.72. The molecule has 0 heterocycles. The summed E-state index contributed by atoms with van der Waals surface area (Å²) < 4.78 is 18.5. The van der Waals surface area contributed by atoms with Gasteiger partial charge < -0.3 is 15.4 Å². The second-order valence-electron chi connectivity index (χ2n) is 5.83. The minimum atomic E-state index is -1.05. The summed E-state index contributed by atoms with van der Waals surface area (Å²) in [6.07, 6.45) is -0.158. The van der Waals surface area contributed by atoms with Gasteiger partial charge in [0.05, 0.1) is 5.56 Å². The minimum absolute atomic E-state index is 0.174. The molecule has 0 spiro atoms. The Morgan fingerprint density at radius 1 is 1.07 bits per heavy atom. The van der Waals surface area contributed by atoms with Crippen molar-refractivity contribution >= 4 is 23.5 Å². The van der Waals surface area contributed by atoms with E-state index in [0.29, 0.717) is 5.69 Å². The van der Waals surface area contributed by atoms with Gasteiger partial charge in [-0.05, 0) is 43.2 Å². The molecule has 142 valence electrons. The summed E-state index contributed by atoms with van der Waals surface area (Å²) in [5.41, 5.74) is 1.55. The van der Waals surface area contributed by atoms with E-state index in [0.717, 1.165) is 18.1 Å². The maximum Gasteiger partial charge on any atom is 0.326 e. The molecule has 2 rings (SSSR count). The standard InChI is InChI=1S/C20H21FN2O4/c1-3-14-8-10-15(11-9-14)23-19(25)13(2)27-18(24)12-22-20(26)16-6-4-5-7-17(16)21/h4-11,13H,3,12H2,1-2H3,(H,22,26)(H,23,25). The van der Waals surface area contributed by atoms with Crippen LogP contribution in [0.2, 0.25) is 0 Å². The topological polar surface area (TPSA) is 84.5 Å². The van der Waals surface area contributed by atoms with Gasteiger partial charge in [-0.2, -0.15) is 0 Å². The molecule has 2 aromatic rings. The van der Waals surface area contributed by atoms with Gasteiger partial charge in [0.15, 0.2) is 6.10 Å². The van der Waals surface area contributed by atoms with Crippen molar-refractivity contribution in [2.24, 2.45) is 0 Å². The molecule has 27 heavy (non-hydrogen) atoms. The minimum Gasteiger partial charge on any atom is -0.451 e. The molecule has 0 radical (unpaired) electrons. The van der Waals surface area contributed by atoms with E-state index in [2.05, 4.69) is 10.6 Å². The van der Waals surface area contributed by atoms with Crippen molar-refractivity contribution in [2.45, 2.75) is 26.4 Å². The number of hydrogen-bond donors (Lipinski definition) is 2. The summed E-state index contributed by atoms with van der Waals surface area (Å²) in [5, 5.41) is 4.90. The van der Waals surface area contributed by atoms with Crippen LogP contribution in [0.3, 0.4) is 0 Å². The monoisotopic (exact) mass is 372 g/mol. The first-order valence-electron chi connectivity index (χ1n) is 8.52. The Bertz CT molecular complexity index is 821. The Hall–Kier alpha value is -3.22. The third-order valence-electron chi connectivity index (χ3n) is 3.82. The number of esters is 1. The van der Waals surface area contributed by atoms with Gasteiger partial charge in [-0.25, -0.2) is 4.39 Å². The number of anilines is 1. The molecule has 0 fully saturated rings. The van der Waals surface area contributed by atoms with E-state index >= 15 is 0 Å². The zero-order valence-electron chi connectivity index (χ0n) is 15.1. The first-order chi connectivity index (χ1) is 12.9. The van der Waals surface area contributed by atoms with Crippen LogP contribution < -0.4 is 10.6 Å². The summed E-state index contributed by atoms with van der Waals surface area (Å²) in [6.45, 7) is 2.97. The van der Waals surface area contributed by atoms with E-state index < -0.39 is 36.2 Å². The van der Waals surface area contributed by atoms with Crippen molar-refractivity contribution in [3.8, 4) is 0 Å².